The van der Waals surface area contributed by atoms with Crippen LogP contribution in [0.3, 0.4) is 0 Å². The Balaban J connectivity index is 0.000000189. The van der Waals surface area contributed by atoms with E-state index >= 15 is 0 Å². The molecule has 48 heavy (non-hydrogen) atoms. The molecule has 0 radical (unpaired) electrons. The molecule has 6 rings (SSSR count). The first-order chi connectivity index (χ1) is 22.2. The van der Waals surface area contributed by atoms with Crippen molar-refractivity contribution in [3.63, 3.8) is 0 Å². The van der Waals surface area contributed by atoms with Crippen LogP contribution in [0.25, 0.3) is 11.1 Å². The van der Waals surface area contributed by atoms with Crippen molar-refractivity contribution in [3.05, 3.63) is 154 Å². The van der Waals surface area contributed by atoms with E-state index in [0.717, 1.165) is 61.3 Å². The number of fused-ring (bicyclic) bond motifs is 3. The Morgan fingerprint density at radius 1 is 0.646 bits per heavy atom. The molecule has 248 valence electrons. The molecule has 0 aromatic heterocycles. The Morgan fingerprint density at radius 3 is 1.65 bits per heavy atom. The fraction of sp³-hybridized carbons (Fsp3) is 0.293. The van der Waals surface area contributed by atoms with Crippen LogP contribution in [0.4, 0.5) is 26.3 Å². The van der Waals surface area contributed by atoms with Crippen molar-refractivity contribution in [2.24, 2.45) is 0 Å². The molecule has 0 fully saturated rings. The maximum absolute atomic E-state index is 12.7. The van der Waals surface area contributed by atoms with Crippen molar-refractivity contribution in [1.29, 1.82) is 0 Å². The van der Waals surface area contributed by atoms with Crippen molar-refractivity contribution in [2.75, 3.05) is 0 Å². The summed E-state index contributed by atoms with van der Waals surface area (Å²) in [6.45, 7) is 13.6. The first-order valence-corrected chi connectivity index (χ1v) is 16.8. The Labute approximate surface area is 294 Å². The van der Waals surface area contributed by atoms with E-state index < -0.39 is 23.5 Å². The van der Waals surface area contributed by atoms with E-state index in [1.165, 1.54) is 57.6 Å². The van der Waals surface area contributed by atoms with Crippen LogP contribution in [0.5, 0.6) is 0 Å². The van der Waals surface area contributed by atoms with E-state index in [2.05, 4.69) is 90.1 Å². The Hall–Kier alpha value is -3.31. The molecule has 7 heteroatoms. The minimum atomic E-state index is -4.49. The van der Waals surface area contributed by atoms with E-state index in [1.807, 2.05) is 12.2 Å². The van der Waals surface area contributed by atoms with Gasteiger partial charge in [0.15, 0.2) is 0 Å². The average Bonchev–Trinajstić information content (AvgIpc) is 3.71. The molecule has 0 aliphatic heterocycles. The van der Waals surface area contributed by atoms with Crippen LogP contribution in [0.1, 0.15) is 92.5 Å². The summed E-state index contributed by atoms with van der Waals surface area (Å²) in [5.41, 5.74) is 7.60. The summed E-state index contributed by atoms with van der Waals surface area (Å²) >= 11 is 0.729. The summed E-state index contributed by atoms with van der Waals surface area (Å²) in [5, 5.41) is 0. The molecule has 4 aromatic rings. The van der Waals surface area contributed by atoms with Crippen molar-refractivity contribution < 1.29 is 50.6 Å². The van der Waals surface area contributed by atoms with Gasteiger partial charge in [0, 0.05) is 0 Å². The van der Waals surface area contributed by atoms with Gasteiger partial charge in [-0.25, -0.2) is 12.2 Å². The molecule has 0 spiro atoms. The molecule has 0 unspecified atom stereocenters. The number of hydrogen-bond acceptors (Lipinski definition) is 0. The third-order valence-corrected chi connectivity index (χ3v) is 9.43. The quantitative estimate of drug-likeness (QED) is 0.125. The number of benzene rings is 4. The van der Waals surface area contributed by atoms with Crippen LogP contribution < -0.4 is 0 Å². The van der Waals surface area contributed by atoms with Crippen LogP contribution in [-0.2, 0) is 53.8 Å². The average molecular weight is 736 g/mol. The second kappa shape index (κ2) is 14.7. The first-order valence-electron chi connectivity index (χ1n) is 15.6. The summed E-state index contributed by atoms with van der Waals surface area (Å²) < 4.78 is 76.7. The smallest absolute Gasteiger partial charge is 0.109 e. The summed E-state index contributed by atoms with van der Waals surface area (Å²) in [4.78, 5) is 0. The van der Waals surface area contributed by atoms with Gasteiger partial charge in [0.25, 0.3) is 0 Å². The summed E-state index contributed by atoms with van der Waals surface area (Å²) in [5.74, 6) is 0. The summed E-state index contributed by atoms with van der Waals surface area (Å²) in [7, 11) is 0. The zero-order chi connectivity index (χ0) is 35.5. The molecule has 0 bridgehead atoms. The fourth-order valence-electron chi connectivity index (χ4n) is 5.24. The van der Waals surface area contributed by atoms with Gasteiger partial charge >= 0.3 is 137 Å². The van der Waals surface area contributed by atoms with Crippen molar-refractivity contribution in [1.82, 2.24) is 0 Å². The Morgan fingerprint density at radius 2 is 1.21 bits per heavy atom. The van der Waals surface area contributed by atoms with Gasteiger partial charge in [0.2, 0.25) is 0 Å². The van der Waals surface area contributed by atoms with Crippen LogP contribution in [0, 0.1) is 12.1 Å². The van der Waals surface area contributed by atoms with Crippen LogP contribution in [-0.4, -0.2) is 3.21 Å². The van der Waals surface area contributed by atoms with Gasteiger partial charge in [0.05, 0.1) is 0 Å². The van der Waals surface area contributed by atoms with Gasteiger partial charge in [-0.1, -0.05) is 65.3 Å². The Kier molecular flexibility index (Phi) is 11.5. The standard InChI is InChI=1S/C21H25.C15H8F6.C5H5.Zr/c1-20(2,3)16-7-9-18-14(12-16)11-15-13-17(21(4,5)6)8-10-19(15)18;16-14(17,18)12-5-1-3-10(8-12)7-11-4-2-6-13(9-11)15(19,20)21;1-2-4-5-3-1;/h7-10,12H,11H2,1-6H3;1-6,8-9H;1-3H,4H2;/q-1;;-1;+2. The molecular formula is C41H38F6Zr. The summed E-state index contributed by atoms with van der Waals surface area (Å²) in [6.07, 6.45) is 2.05. The molecule has 0 N–H and O–H groups in total. The fourth-order valence-corrected chi connectivity index (χ4v) is 6.00. The molecule has 2 aliphatic carbocycles. The molecule has 0 saturated heterocycles. The van der Waals surface area contributed by atoms with Crippen molar-refractivity contribution >= 4 is 3.21 Å². The van der Waals surface area contributed by atoms with Gasteiger partial charge in [0.1, 0.15) is 0 Å². The monoisotopic (exact) mass is 734 g/mol. The van der Waals surface area contributed by atoms with Gasteiger partial charge in [-0.15, -0.1) is 17.5 Å². The molecule has 0 nitrogen and oxygen atoms in total. The minimum Gasteiger partial charge on any atom is -0.273 e. The van der Waals surface area contributed by atoms with E-state index in [1.54, 1.807) is 0 Å². The third-order valence-electron chi connectivity index (χ3n) is 8.01. The molecule has 0 atom stereocenters. The van der Waals surface area contributed by atoms with Crippen LogP contribution in [0.15, 0.2) is 97.1 Å². The summed E-state index contributed by atoms with van der Waals surface area (Å²) in [6, 6.07) is 24.3. The molecule has 0 heterocycles. The maximum Gasteiger partial charge on any atom is -0.109 e. The number of rotatable bonds is 2. The van der Waals surface area contributed by atoms with E-state index in [-0.39, 0.29) is 22.0 Å². The molecule has 0 amide bonds. The molecule has 2 aliphatic rings. The van der Waals surface area contributed by atoms with Gasteiger partial charge < -0.3 is 0 Å². The second-order valence-electron chi connectivity index (χ2n) is 13.8. The van der Waals surface area contributed by atoms with Crippen molar-refractivity contribution in [2.45, 2.75) is 77.6 Å². The Bertz CT molecular complexity index is 1690. The maximum atomic E-state index is 12.7. The minimum absolute atomic E-state index is 0.167. The second-order valence-corrected chi connectivity index (χ2v) is 15.1. The number of halogens is 6. The van der Waals surface area contributed by atoms with Crippen LogP contribution >= 0.6 is 0 Å². The largest absolute Gasteiger partial charge is 0.273 e. The van der Waals surface area contributed by atoms with Gasteiger partial charge in [-0.2, -0.15) is 29.8 Å². The van der Waals surface area contributed by atoms with Gasteiger partial charge in [-0.3, -0.25) is 6.08 Å². The zero-order valence-corrected chi connectivity index (χ0v) is 30.4. The predicted octanol–water partition coefficient (Wildman–Crippen LogP) is 11.8. The zero-order valence-electron chi connectivity index (χ0n) is 27.9. The number of allylic oxidation sites excluding steroid dienone is 4. The molecular weight excluding hydrogens is 698 g/mol. The predicted molar refractivity (Wildman–Crippen MR) is 179 cm³/mol. The topological polar surface area (TPSA) is 0 Å². The number of hydrogen-bond donors (Lipinski definition) is 0. The van der Waals surface area contributed by atoms with Crippen LogP contribution in [0.2, 0.25) is 0 Å². The van der Waals surface area contributed by atoms with Gasteiger partial charge in [-0.05, 0) is 28.4 Å². The molecule has 4 aromatic carbocycles. The first kappa shape index (κ1) is 37.5. The number of alkyl halides is 6. The normalized spacial score (nSPS) is 13.6. The molecule has 0 saturated carbocycles. The SMILES string of the molecule is CC(C)(C)c1[c-]c2c(cc1)-c1ccc(C(C)(C)C)cc1C2.FC(F)(F)c1cccc([C](=[Zr+2])c2cccc(C(F)(F)F)c2)c1.[C-]1=CC=CC1. The van der Waals surface area contributed by atoms with E-state index in [4.69, 9.17) is 0 Å². The van der Waals surface area contributed by atoms with E-state index in [0.29, 0.717) is 3.21 Å². The van der Waals surface area contributed by atoms with E-state index in [9.17, 15) is 26.3 Å². The third kappa shape index (κ3) is 9.65. The van der Waals surface area contributed by atoms with Crippen molar-refractivity contribution in [3.8, 4) is 11.1 Å².